The molecule has 1 aromatic carbocycles. The van der Waals surface area contributed by atoms with Crippen molar-refractivity contribution in [2.45, 2.75) is 6.42 Å². The number of carboxylic acids is 1. The molecule has 0 fully saturated rings. The van der Waals surface area contributed by atoms with E-state index < -0.39 is 11.8 Å². The van der Waals surface area contributed by atoms with Crippen molar-refractivity contribution >= 4 is 23.1 Å². The fourth-order valence-corrected chi connectivity index (χ4v) is 2.48. The molecule has 2 rings (SSSR count). The third kappa shape index (κ3) is 2.79. The van der Waals surface area contributed by atoms with E-state index in [2.05, 4.69) is 0 Å². The molecule has 4 heteroatoms. The van der Waals surface area contributed by atoms with Gasteiger partial charge in [0.15, 0.2) is 0 Å². The summed E-state index contributed by atoms with van der Waals surface area (Å²) in [6.45, 7) is 0. The number of rotatable bonds is 4. The maximum absolute atomic E-state index is 11.1. The molecule has 0 unspecified atom stereocenters. The Labute approximate surface area is 102 Å². The zero-order chi connectivity index (χ0) is 12.3. The predicted octanol–water partition coefficient (Wildman–Crippen LogP) is 2.61. The lowest BCUT2D eigenvalue weighted by Crippen LogP contribution is -2.14. The van der Waals surface area contributed by atoms with Gasteiger partial charge in [0.2, 0.25) is 5.78 Å². The van der Waals surface area contributed by atoms with Crippen LogP contribution in [0.1, 0.15) is 4.88 Å². The Hall–Kier alpha value is -1.94. The molecular weight excluding hydrogens is 236 g/mol. The second kappa shape index (κ2) is 4.93. The van der Waals surface area contributed by atoms with Gasteiger partial charge in [0.25, 0.3) is 0 Å². The molecule has 0 radical (unpaired) electrons. The van der Waals surface area contributed by atoms with Crippen LogP contribution >= 0.6 is 11.3 Å². The lowest BCUT2D eigenvalue weighted by Gasteiger charge is -1.95. The van der Waals surface area contributed by atoms with Gasteiger partial charge in [-0.25, -0.2) is 4.79 Å². The summed E-state index contributed by atoms with van der Waals surface area (Å²) in [5.41, 5.74) is 1.08. The van der Waals surface area contributed by atoms with Gasteiger partial charge in [-0.15, -0.1) is 11.3 Å². The number of ketones is 1. The molecule has 0 aliphatic rings. The Morgan fingerprint density at radius 2 is 1.76 bits per heavy atom. The van der Waals surface area contributed by atoms with Crippen LogP contribution in [0.15, 0.2) is 42.5 Å². The van der Waals surface area contributed by atoms with Crippen molar-refractivity contribution in [2.75, 3.05) is 0 Å². The van der Waals surface area contributed by atoms with Crippen LogP contribution in [0, 0.1) is 0 Å². The van der Waals surface area contributed by atoms with Gasteiger partial charge in [-0.05, 0) is 17.7 Å². The van der Waals surface area contributed by atoms with E-state index >= 15 is 0 Å². The lowest BCUT2D eigenvalue weighted by atomic mass is 10.2. The third-order valence-corrected chi connectivity index (χ3v) is 3.43. The molecule has 3 nitrogen and oxygen atoms in total. The van der Waals surface area contributed by atoms with Crippen LogP contribution in [-0.2, 0) is 16.0 Å². The smallest absolute Gasteiger partial charge is 0.372 e. The van der Waals surface area contributed by atoms with Gasteiger partial charge in [-0.1, -0.05) is 30.3 Å². The average molecular weight is 246 g/mol. The summed E-state index contributed by atoms with van der Waals surface area (Å²) in [6, 6.07) is 13.5. The Balaban J connectivity index is 2.17. The first-order valence-corrected chi connectivity index (χ1v) is 5.89. The standard InChI is InChI=1S/C13H10O3S/c14-11(13(15)16)8-10-6-7-12(17-10)9-4-2-1-3-5-9/h1-7H,8H2,(H,15,16). The number of carboxylic acid groups (broad SMARTS) is 1. The molecule has 0 aliphatic carbocycles. The van der Waals surface area contributed by atoms with Gasteiger partial charge in [0, 0.05) is 9.75 Å². The normalized spacial score (nSPS) is 10.1. The second-order valence-corrected chi connectivity index (χ2v) is 4.71. The van der Waals surface area contributed by atoms with Crippen molar-refractivity contribution < 1.29 is 14.7 Å². The van der Waals surface area contributed by atoms with Crippen molar-refractivity contribution in [2.24, 2.45) is 0 Å². The zero-order valence-electron chi connectivity index (χ0n) is 8.92. The highest BCUT2D eigenvalue weighted by atomic mass is 32.1. The maximum Gasteiger partial charge on any atom is 0.372 e. The topological polar surface area (TPSA) is 54.4 Å². The summed E-state index contributed by atoms with van der Waals surface area (Å²) in [4.78, 5) is 23.3. The van der Waals surface area contributed by atoms with E-state index in [9.17, 15) is 9.59 Å². The van der Waals surface area contributed by atoms with Crippen LogP contribution < -0.4 is 0 Å². The molecule has 0 saturated heterocycles. The molecular formula is C13H10O3S. The highest BCUT2D eigenvalue weighted by molar-refractivity contribution is 7.15. The van der Waals surface area contributed by atoms with E-state index in [1.165, 1.54) is 11.3 Å². The summed E-state index contributed by atoms with van der Waals surface area (Å²) >= 11 is 1.45. The molecule has 1 N–H and O–H groups in total. The maximum atomic E-state index is 11.1. The van der Waals surface area contributed by atoms with Gasteiger partial charge in [0.1, 0.15) is 0 Å². The summed E-state index contributed by atoms with van der Waals surface area (Å²) in [5.74, 6) is -2.15. The summed E-state index contributed by atoms with van der Waals surface area (Å²) in [6.07, 6.45) is -0.0349. The van der Waals surface area contributed by atoms with E-state index in [4.69, 9.17) is 5.11 Å². The Bertz CT molecular complexity index is 543. The van der Waals surface area contributed by atoms with Gasteiger partial charge in [-0.2, -0.15) is 0 Å². The van der Waals surface area contributed by atoms with Crippen molar-refractivity contribution in [1.82, 2.24) is 0 Å². The van der Waals surface area contributed by atoms with Crippen LogP contribution in [0.5, 0.6) is 0 Å². The molecule has 86 valence electrons. The van der Waals surface area contributed by atoms with E-state index in [0.717, 1.165) is 15.3 Å². The van der Waals surface area contributed by atoms with E-state index in [0.29, 0.717) is 0 Å². The van der Waals surface area contributed by atoms with Crippen LogP contribution in [0.3, 0.4) is 0 Å². The monoisotopic (exact) mass is 246 g/mol. The van der Waals surface area contributed by atoms with E-state index in [-0.39, 0.29) is 6.42 Å². The largest absolute Gasteiger partial charge is 0.475 e. The number of hydrogen-bond donors (Lipinski definition) is 1. The minimum Gasteiger partial charge on any atom is -0.475 e. The molecule has 0 bridgehead atoms. The van der Waals surface area contributed by atoms with Gasteiger partial charge in [0.05, 0.1) is 6.42 Å². The fraction of sp³-hybridized carbons (Fsp3) is 0.0769. The summed E-state index contributed by atoms with van der Waals surface area (Å²) < 4.78 is 0. The predicted molar refractivity (Wildman–Crippen MR) is 66.1 cm³/mol. The first-order chi connectivity index (χ1) is 8.16. The zero-order valence-corrected chi connectivity index (χ0v) is 9.74. The molecule has 0 atom stereocenters. The Morgan fingerprint density at radius 3 is 2.41 bits per heavy atom. The highest BCUT2D eigenvalue weighted by Crippen LogP contribution is 2.28. The number of thiophene rings is 1. The van der Waals surface area contributed by atoms with Gasteiger partial charge >= 0.3 is 5.97 Å². The van der Waals surface area contributed by atoms with Crippen molar-refractivity contribution in [3.8, 4) is 10.4 Å². The number of carbonyl (C=O) groups is 2. The van der Waals surface area contributed by atoms with Crippen LogP contribution in [-0.4, -0.2) is 16.9 Å². The first kappa shape index (κ1) is 11.5. The number of Topliss-reactive ketones (excluding diaryl/α,β-unsaturated/α-hetero) is 1. The van der Waals surface area contributed by atoms with Crippen LogP contribution in [0.2, 0.25) is 0 Å². The minimum atomic E-state index is -1.38. The summed E-state index contributed by atoms with van der Waals surface area (Å²) in [7, 11) is 0. The molecule has 2 aromatic rings. The van der Waals surface area contributed by atoms with Gasteiger partial charge in [-0.3, -0.25) is 4.79 Å². The third-order valence-electron chi connectivity index (χ3n) is 2.29. The molecule has 0 saturated carbocycles. The fourth-order valence-electron chi connectivity index (χ4n) is 1.46. The molecule has 1 aromatic heterocycles. The van der Waals surface area contributed by atoms with Gasteiger partial charge < -0.3 is 5.11 Å². The van der Waals surface area contributed by atoms with Crippen molar-refractivity contribution in [1.29, 1.82) is 0 Å². The molecule has 0 spiro atoms. The number of hydrogen-bond acceptors (Lipinski definition) is 3. The Morgan fingerprint density at radius 1 is 1.06 bits per heavy atom. The highest BCUT2D eigenvalue weighted by Gasteiger charge is 2.13. The lowest BCUT2D eigenvalue weighted by molar-refractivity contribution is -0.148. The molecule has 0 amide bonds. The SMILES string of the molecule is O=C(O)C(=O)Cc1ccc(-c2ccccc2)s1. The number of aliphatic carboxylic acids is 1. The molecule has 17 heavy (non-hydrogen) atoms. The molecule has 0 aliphatic heterocycles. The summed E-state index contributed by atoms with van der Waals surface area (Å²) in [5, 5.41) is 8.52. The van der Waals surface area contributed by atoms with Crippen molar-refractivity contribution in [3.63, 3.8) is 0 Å². The first-order valence-electron chi connectivity index (χ1n) is 5.07. The minimum absolute atomic E-state index is 0.0349. The van der Waals surface area contributed by atoms with Crippen molar-refractivity contribution in [3.05, 3.63) is 47.3 Å². The quantitative estimate of drug-likeness (QED) is 0.844. The second-order valence-electron chi connectivity index (χ2n) is 3.54. The van der Waals surface area contributed by atoms with Crippen LogP contribution in [0.4, 0.5) is 0 Å². The Kier molecular flexibility index (Phi) is 3.35. The number of benzene rings is 1. The molecule has 1 heterocycles. The van der Waals surface area contributed by atoms with E-state index in [1.807, 2.05) is 36.4 Å². The van der Waals surface area contributed by atoms with E-state index in [1.54, 1.807) is 6.07 Å². The van der Waals surface area contributed by atoms with Crippen LogP contribution in [0.25, 0.3) is 10.4 Å². The average Bonchev–Trinajstić information content (AvgIpc) is 2.78. The number of carbonyl (C=O) groups excluding carboxylic acids is 1.